The summed E-state index contributed by atoms with van der Waals surface area (Å²) in [4.78, 5) is 4.31. The summed E-state index contributed by atoms with van der Waals surface area (Å²) in [6.45, 7) is 1.92. The van der Waals surface area contributed by atoms with E-state index in [1.54, 1.807) is 20.3 Å². The van der Waals surface area contributed by atoms with Crippen molar-refractivity contribution < 1.29 is 9.47 Å². The Morgan fingerprint density at radius 3 is 2.50 bits per heavy atom. The maximum absolute atomic E-state index is 5.99. The number of methoxy groups -OCH3 is 2. The minimum Gasteiger partial charge on any atom is -0.497 e. The minimum atomic E-state index is 0.496. The monoisotopic (exact) mass is 237 g/mol. The molecule has 1 aromatic carbocycles. The standard InChI is InChI=1S/C12H12ClNO2/c1-7-4-8-5-9(15-2)6-10(16-3)11(8)14-12(7)13/h4-6H,1-3H3. The van der Waals surface area contributed by atoms with E-state index in [-0.39, 0.29) is 0 Å². The predicted molar refractivity (Wildman–Crippen MR) is 64.6 cm³/mol. The van der Waals surface area contributed by atoms with Gasteiger partial charge in [-0.25, -0.2) is 4.98 Å². The molecule has 0 saturated carbocycles. The molecule has 16 heavy (non-hydrogen) atoms. The molecule has 0 saturated heterocycles. The van der Waals surface area contributed by atoms with Crippen LogP contribution in [-0.2, 0) is 0 Å². The molecule has 0 N–H and O–H groups in total. The topological polar surface area (TPSA) is 31.4 Å². The first-order valence-corrected chi connectivity index (χ1v) is 5.22. The van der Waals surface area contributed by atoms with E-state index in [0.29, 0.717) is 10.9 Å². The summed E-state index contributed by atoms with van der Waals surface area (Å²) >= 11 is 5.99. The van der Waals surface area contributed by atoms with Crippen LogP contribution in [0.4, 0.5) is 0 Å². The number of hydrogen-bond acceptors (Lipinski definition) is 3. The highest BCUT2D eigenvalue weighted by molar-refractivity contribution is 6.30. The van der Waals surface area contributed by atoms with Gasteiger partial charge >= 0.3 is 0 Å². The summed E-state index contributed by atoms with van der Waals surface area (Å²) in [6.07, 6.45) is 0. The summed E-state index contributed by atoms with van der Waals surface area (Å²) < 4.78 is 10.5. The van der Waals surface area contributed by atoms with Crippen molar-refractivity contribution in [2.24, 2.45) is 0 Å². The Kier molecular flexibility index (Phi) is 2.88. The normalized spacial score (nSPS) is 10.5. The fourth-order valence-corrected chi connectivity index (χ4v) is 1.72. The zero-order chi connectivity index (χ0) is 11.7. The van der Waals surface area contributed by atoms with Crippen LogP contribution in [0.1, 0.15) is 5.56 Å². The molecule has 0 radical (unpaired) electrons. The van der Waals surface area contributed by atoms with Crippen molar-refractivity contribution in [3.05, 3.63) is 28.9 Å². The van der Waals surface area contributed by atoms with Gasteiger partial charge in [0.15, 0.2) is 0 Å². The molecule has 0 fully saturated rings. The van der Waals surface area contributed by atoms with E-state index in [1.165, 1.54) is 0 Å². The highest BCUT2D eigenvalue weighted by Crippen LogP contribution is 2.31. The zero-order valence-electron chi connectivity index (χ0n) is 9.37. The molecule has 4 heteroatoms. The third kappa shape index (κ3) is 1.78. The molecule has 0 atom stereocenters. The maximum Gasteiger partial charge on any atom is 0.148 e. The van der Waals surface area contributed by atoms with Crippen molar-refractivity contribution in [2.45, 2.75) is 6.92 Å². The van der Waals surface area contributed by atoms with Gasteiger partial charge in [0.05, 0.1) is 14.2 Å². The second-order valence-electron chi connectivity index (χ2n) is 3.50. The van der Waals surface area contributed by atoms with Crippen molar-refractivity contribution in [1.29, 1.82) is 0 Å². The van der Waals surface area contributed by atoms with Gasteiger partial charge in [0.25, 0.3) is 0 Å². The van der Waals surface area contributed by atoms with Crippen molar-refractivity contribution >= 4 is 22.5 Å². The molecule has 0 unspecified atom stereocenters. The highest BCUT2D eigenvalue weighted by Gasteiger charge is 2.08. The Morgan fingerprint density at radius 1 is 1.12 bits per heavy atom. The van der Waals surface area contributed by atoms with Gasteiger partial charge in [-0.2, -0.15) is 0 Å². The van der Waals surface area contributed by atoms with E-state index < -0.39 is 0 Å². The second kappa shape index (κ2) is 4.18. The lowest BCUT2D eigenvalue weighted by Gasteiger charge is -2.09. The van der Waals surface area contributed by atoms with Crippen LogP contribution in [0.5, 0.6) is 11.5 Å². The number of halogens is 1. The van der Waals surface area contributed by atoms with Crippen LogP contribution in [-0.4, -0.2) is 19.2 Å². The van der Waals surface area contributed by atoms with Crippen LogP contribution in [0, 0.1) is 6.92 Å². The first-order valence-electron chi connectivity index (χ1n) is 4.84. The zero-order valence-corrected chi connectivity index (χ0v) is 10.1. The molecule has 0 aliphatic rings. The Balaban J connectivity index is 2.79. The van der Waals surface area contributed by atoms with Crippen molar-refractivity contribution in [1.82, 2.24) is 4.98 Å². The first-order chi connectivity index (χ1) is 7.65. The lowest BCUT2D eigenvalue weighted by molar-refractivity contribution is 0.397. The van der Waals surface area contributed by atoms with E-state index in [2.05, 4.69) is 4.98 Å². The van der Waals surface area contributed by atoms with Crippen molar-refractivity contribution in [3.8, 4) is 11.5 Å². The molecule has 1 heterocycles. The van der Waals surface area contributed by atoms with Crippen LogP contribution in [0.2, 0.25) is 5.15 Å². The number of ether oxygens (including phenoxy) is 2. The quantitative estimate of drug-likeness (QED) is 0.752. The first kappa shape index (κ1) is 11.0. The fraction of sp³-hybridized carbons (Fsp3) is 0.250. The lowest BCUT2D eigenvalue weighted by atomic mass is 10.1. The van der Waals surface area contributed by atoms with E-state index in [0.717, 1.165) is 22.2 Å². The van der Waals surface area contributed by atoms with Gasteiger partial charge in [-0.3, -0.25) is 0 Å². The van der Waals surface area contributed by atoms with Gasteiger partial charge < -0.3 is 9.47 Å². The molecule has 0 bridgehead atoms. The molecule has 84 valence electrons. The Morgan fingerprint density at radius 2 is 1.88 bits per heavy atom. The Bertz CT molecular complexity index is 540. The molecule has 2 aromatic rings. The van der Waals surface area contributed by atoms with E-state index in [9.17, 15) is 0 Å². The number of hydrogen-bond donors (Lipinski definition) is 0. The third-order valence-corrected chi connectivity index (χ3v) is 2.82. The van der Waals surface area contributed by atoms with Crippen molar-refractivity contribution in [2.75, 3.05) is 14.2 Å². The molecule has 3 nitrogen and oxygen atoms in total. The number of nitrogens with zero attached hydrogens (tertiary/aromatic N) is 1. The van der Waals surface area contributed by atoms with Gasteiger partial charge in [-0.1, -0.05) is 11.6 Å². The minimum absolute atomic E-state index is 0.496. The average molecular weight is 238 g/mol. The van der Waals surface area contributed by atoms with E-state index in [4.69, 9.17) is 21.1 Å². The van der Waals surface area contributed by atoms with Gasteiger partial charge in [0, 0.05) is 11.5 Å². The molecule has 0 amide bonds. The molecule has 0 spiro atoms. The largest absolute Gasteiger partial charge is 0.497 e. The summed E-state index contributed by atoms with van der Waals surface area (Å²) in [6, 6.07) is 5.67. The van der Waals surface area contributed by atoms with Crippen LogP contribution in [0.15, 0.2) is 18.2 Å². The molecule has 1 aromatic heterocycles. The molecule has 2 rings (SSSR count). The number of aromatic nitrogens is 1. The smallest absolute Gasteiger partial charge is 0.148 e. The van der Waals surface area contributed by atoms with Crippen LogP contribution < -0.4 is 9.47 Å². The van der Waals surface area contributed by atoms with Gasteiger partial charge in [0.2, 0.25) is 0 Å². The van der Waals surface area contributed by atoms with Crippen LogP contribution in [0.3, 0.4) is 0 Å². The van der Waals surface area contributed by atoms with Gasteiger partial charge in [-0.05, 0) is 24.6 Å². The number of fused-ring (bicyclic) bond motifs is 1. The SMILES string of the molecule is COc1cc(OC)c2nc(Cl)c(C)cc2c1. The average Bonchev–Trinajstić information content (AvgIpc) is 2.29. The van der Waals surface area contributed by atoms with Gasteiger partial charge in [-0.15, -0.1) is 0 Å². The van der Waals surface area contributed by atoms with E-state index in [1.807, 2.05) is 19.1 Å². The lowest BCUT2D eigenvalue weighted by Crippen LogP contribution is -1.92. The molecule has 0 aliphatic carbocycles. The summed E-state index contributed by atoms with van der Waals surface area (Å²) in [7, 11) is 3.22. The Labute approximate surface area is 99.0 Å². The number of benzene rings is 1. The predicted octanol–water partition coefficient (Wildman–Crippen LogP) is 3.21. The number of pyridine rings is 1. The number of rotatable bonds is 2. The van der Waals surface area contributed by atoms with Crippen LogP contribution in [0.25, 0.3) is 10.9 Å². The number of aryl methyl sites for hydroxylation is 1. The Hall–Kier alpha value is -1.48. The molecular formula is C12H12ClNO2. The summed E-state index contributed by atoms with van der Waals surface area (Å²) in [5.74, 6) is 1.41. The summed E-state index contributed by atoms with van der Waals surface area (Å²) in [5, 5.41) is 1.45. The third-order valence-electron chi connectivity index (χ3n) is 2.44. The second-order valence-corrected chi connectivity index (χ2v) is 3.86. The highest BCUT2D eigenvalue weighted by atomic mass is 35.5. The van der Waals surface area contributed by atoms with Crippen LogP contribution >= 0.6 is 11.6 Å². The molecule has 0 aliphatic heterocycles. The summed E-state index contributed by atoms with van der Waals surface area (Å²) in [5.41, 5.74) is 1.68. The maximum atomic E-state index is 5.99. The van der Waals surface area contributed by atoms with E-state index >= 15 is 0 Å². The fourth-order valence-electron chi connectivity index (χ4n) is 1.59. The van der Waals surface area contributed by atoms with Crippen molar-refractivity contribution in [3.63, 3.8) is 0 Å². The molecular weight excluding hydrogens is 226 g/mol. The van der Waals surface area contributed by atoms with Gasteiger partial charge in [0.1, 0.15) is 22.2 Å².